The van der Waals surface area contributed by atoms with Crippen molar-refractivity contribution in [3.05, 3.63) is 59.1 Å². The van der Waals surface area contributed by atoms with Crippen LogP contribution in [0.4, 0.5) is 5.95 Å². The number of rotatable bonds is 4. The molecule has 1 unspecified atom stereocenters. The molecule has 0 amide bonds. The smallest absolute Gasteiger partial charge is 0.305 e. The lowest BCUT2D eigenvalue weighted by atomic mass is 10.0. The highest BCUT2D eigenvalue weighted by Crippen LogP contribution is 2.28. The lowest BCUT2D eigenvalue weighted by molar-refractivity contribution is 0.167. The summed E-state index contributed by atoms with van der Waals surface area (Å²) in [5.41, 5.74) is 14.4. The summed E-state index contributed by atoms with van der Waals surface area (Å²) >= 11 is 6.06. The van der Waals surface area contributed by atoms with Crippen molar-refractivity contribution in [1.82, 2.24) is 25.1 Å². The maximum absolute atomic E-state index is 6.40. The van der Waals surface area contributed by atoms with Crippen LogP contribution in [-0.2, 0) is 0 Å². The highest BCUT2D eigenvalue weighted by molar-refractivity contribution is 6.30. The van der Waals surface area contributed by atoms with Crippen LogP contribution in [0.1, 0.15) is 5.56 Å². The molecule has 2 aliphatic heterocycles. The average Bonchev–Trinajstić information content (AvgIpc) is 2.74. The fourth-order valence-electron chi connectivity index (χ4n) is 3.31. The zero-order valence-corrected chi connectivity index (χ0v) is 17.3. The van der Waals surface area contributed by atoms with Crippen LogP contribution >= 0.6 is 11.6 Å². The van der Waals surface area contributed by atoms with Crippen molar-refractivity contribution in [2.75, 3.05) is 33.2 Å². The summed E-state index contributed by atoms with van der Waals surface area (Å²) in [6.07, 6.45) is 3.15. The van der Waals surface area contributed by atoms with Gasteiger partial charge in [0.2, 0.25) is 0 Å². The van der Waals surface area contributed by atoms with Crippen molar-refractivity contribution >= 4 is 29.0 Å². The Morgan fingerprint density at radius 2 is 1.77 bits per heavy atom. The van der Waals surface area contributed by atoms with Gasteiger partial charge in [-0.25, -0.2) is 15.0 Å². The van der Waals surface area contributed by atoms with Crippen molar-refractivity contribution in [3.63, 3.8) is 0 Å². The SMILES string of the molecule is CN1CCN(C2=C(c3ccc(Cl)cc3)C(N)=NC(N)(N=Nc3ncccn3)N2)CC1. The van der Waals surface area contributed by atoms with Crippen LogP contribution in [0, 0.1) is 0 Å². The summed E-state index contributed by atoms with van der Waals surface area (Å²) < 4.78 is 0. The molecule has 11 heteroatoms. The maximum Gasteiger partial charge on any atom is 0.305 e. The predicted molar refractivity (Wildman–Crippen MR) is 116 cm³/mol. The Bertz CT molecular complexity index is 980. The van der Waals surface area contributed by atoms with Crippen molar-refractivity contribution < 1.29 is 0 Å². The number of halogens is 1. The van der Waals surface area contributed by atoms with Crippen molar-refractivity contribution in [3.8, 4) is 0 Å². The van der Waals surface area contributed by atoms with Crippen molar-refractivity contribution in [2.24, 2.45) is 26.7 Å². The minimum absolute atomic E-state index is 0.187. The third-order valence-electron chi connectivity index (χ3n) is 4.88. The number of nitrogens with zero attached hydrogens (tertiary/aromatic N) is 7. The summed E-state index contributed by atoms with van der Waals surface area (Å²) in [6.45, 7) is 3.43. The second-order valence-electron chi connectivity index (χ2n) is 7.12. The molecule has 156 valence electrons. The first kappa shape index (κ1) is 20.2. The van der Waals surface area contributed by atoms with E-state index in [9.17, 15) is 0 Å². The van der Waals surface area contributed by atoms with Crippen LogP contribution < -0.4 is 16.8 Å². The standard InChI is InChI=1S/C19H23ClN10/c1-29-9-11-30(12-10-29)17-15(13-3-5-14(20)6-4-13)16(21)25-19(22,26-17)28-27-18-23-7-2-8-24-18/h2-8,26H,9-12,22H2,1H3,(H2,21,25). The van der Waals surface area contributed by atoms with E-state index in [0.29, 0.717) is 5.02 Å². The highest BCUT2D eigenvalue weighted by Gasteiger charge is 2.35. The minimum Gasteiger partial charge on any atom is -0.383 e. The summed E-state index contributed by atoms with van der Waals surface area (Å²) in [7, 11) is 2.09. The number of hydrogen-bond donors (Lipinski definition) is 3. The van der Waals surface area contributed by atoms with Gasteiger partial charge in [0.15, 0.2) is 0 Å². The number of likely N-dealkylation sites (N-methyl/N-ethyl adjacent to an activating group) is 1. The van der Waals surface area contributed by atoms with Crippen LogP contribution in [0.25, 0.3) is 5.57 Å². The first-order valence-electron chi connectivity index (χ1n) is 9.50. The van der Waals surface area contributed by atoms with E-state index in [1.54, 1.807) is 18.5 Å². The molecule has 2 aromatic rings. The predicted octanol–water partition coefficient (Wildman–Crippen LogP) is 1.36. The second-order valence-corrected chi connectivity index (χ2v) is 7.55. The Morgan fingerprint density at radius 3 is 2.43 bits per heavy atom. The minimum atomic E-state index is -1.57. The normalized spacial score (nSPS) is 22.9. The maximum atomic E-state index is 6.40. The number of aliphatic imine (C=N–C) groups is 1. The summed E-state index contributed by atoms with van der Waals surface area (Å²) in [4.78, 5) is 16.9. The van der Waals surface area contributed by atoms with Crippen molar-refractivity contribution in [2.45, 2.75) is 5.91 Å². The molecule has 0 saturated carbocycles. The van der Waals surface area contributed by atoms with Gasteiger partial charge in [-0.1, -0.05) is 23.7 Å². The molecule has 4 rings (SSSR count). The van der Waals surface area contributed by atoms with Crippen LogP contribution in [0.3, 0.4) is 0 Å². The number of piperazine rings is 1. The average molecular weight is 427 g/mol. The lowest BCUT2D eigenvalue weighted by Gasteiger charge is -2.40. The third-order valence-corrected chi connectivity index (χ3v) is 5.13. The Morgan fingerprint density at radius 1 is 1.10 bits per heavy atom. The van der Waals surface area contributed by atoms with Gasteiger partial charge in [-0.15, -0.1) is 10.2 Å². The fourth-order valence-corrected chi connectivity index (χ4v) is 3.43. The third kappa shape index (κ3) is 4.40. The zero-order valence-electron chi connectivity index (χ0n) is 16.5. The molecule has 0 aliphatic carbocycles. The Labute approximate surface area is 179 Å². The molecule has 1 fully saturated rings. The molecule has 1 aromatic carbocycles. The van der Waals surface area contributed by atoms with E-state index in [0.717, 1.165) is 43.1 Å². The Kier molecular flexibility index (Phi) is 5.62. The second kappa shape index (κ2) is 8.34. The van der Waals surface area contributed by atoms with Gasteiger partial charge in [-0.2, -0.15) is 0 Å². The van der Waals surface area contributed by atoms with E-state index in [-0.39, 0.29) is 11.8 Å². The van der Waals surface area contributed by atoms with E-state index >= 15 is 0 Å². The first-order chi connectivity index (χ1) is 14.4. The zero-order chi connectivity index (χ0) is 21.1. The van der Waals surface area contributed by atoms with Gasteiger partial charge in [0.1, 0.15) is 11.7 Å². The van der Waals surface area contributed by atoms with Gasteiger partial charge in [0.05, 0.1) is 5.57 Å². The van der Waals surface area contributed by atoms with Crippen LogP contribution in [0.2, 0.25) is 5.02 Å². The van der Waals surface area contributed by atoms with Gasteiger partial charge in [0, 0.05) is 43.6 Å². The van der Waals surface area contributed by atoms with E-state index in [1.165, 1.54) is 0 Å². The van der Waals surface area contributed by atoms with Crippen LogP contribution in [0.5, 0.6) is 0 Å². The number of benzene rings is 1. The molecule has 30 heavy (non-hydrogen) atoms. The monoisotopic (exact) mass is 426 g/mol. The molecule has 0 radical (unpaired) electrons. The molecular formula is C19H23ClN10. The molecular weight excluding hydrogens is 404 g/mol. The van der Waals surface area contributed by atoms with Crippen molar-refractivity contribution in [1.29, 1.82) is 0 Å². The molecule has 0 spiro atoms. The fraction of sp³-hybridized carbons (Fsp3) is 0.316. The van der Waals surface area contributed by atoms with Gasteiger partial charge in [-0.05, 0) is 30.8 Å². The summed E-state index contributed by atoms with van der Waals surface area (Å²) in [6, 6.07) is 9.13. The molecule has 5 N–H and O–H groups in total. The van der Waals surface area contributed by atoms with E-state index in [1.807, 2.05) is 24.3 Å². The number of azo groups is 1. The van der Waals surface area contributed by atoms with Crippen LogP contribution in [0.15, 0.2) is 63.8 Å². The summed E-state index contributed by atoms with van der Waals surface area (Å²) in [5, 5.41) is 12.0. The van der Waals surface area contributed by atoms with E-state index in [4.69, 9.17) is 23.1 Å². The number of nitrogens with one attached hydrogen (secondary N) is 1. The molecule has 2 aliphatic rings. The quantitative estimate of drug-likeness (QED) is 0.628. The molecule has 0 bridgehead atoms. The topological polar surface area (TPSA) is 133 Å². The van der Waals surface area contributed by atoms with Gasteiger partial charge >= 0.3 is 5.91 Å². The Balaban J connectivity index is 1.72. The van der Waals surface area contributed by atoms with E-state index in [2.05, 4.69) is 47.4 Å². The van der Waals surface area contributed by atoms with Gasteiger partial charge in [0.25, 0.3) is 5.95 Å². The molecule has 1 saturated heterocycles. The molecule has 10 nitrogen and oxygen atoms in total. The first-order valence-corrected chi connectivity index (χ1v) is 9.88. The number of aromatic nitrogens is 2. The highest BCUT2D eigenvalue weighted by atomic mass is 35.5. The van der Waals surface area contributed by atoms with Gasteiger partial charge in [-0.3, -0.25) is 5.73 Å². The molecule has 1 aromatic heterocycles. The number of hydrogen-bond acceptors (Lipinski definition) is 10. The van der Waals surface area contributed by atoms with Crippen LogP contribution in [-0.4, -0.2) is 64.7 Å². The number of amidine groups is 1. The summed E-state index contributed by atoms with van der Waals surface area (Å²) in [5.74, 6) is -0.363. The molecule has 1 atom stereocenters. The van der Waals surface area contributed by atoms with Gasteiger partial charge < -0.3 is 20.9 Å². The number of nitrogens with two attached hydrogens (primary N) is 2. The Hall–Kier alpha value is -3.08. The molecule has 3 heterocycles. The van der Waals surface area contributed by atoms with E-state index < -0.39 is 5.91 Å². The lowest BCUT2D eigenvalue weighted by Crippen LogP contribution is -2.58. The largest absolute Gasteiger partial charge is 0.383 e.